The average Bonchev–Trinajstić information content (AvgIpc) is 2.08. The third kappa shape index (κ3) is 68.6. The molecule has 0 heterocycles. The molecule has 4 heteroatoms. The number of hydrogen-bond donors (Lipinski definition) is 1. The molecule has 80 valence electrons. The van der Waals surface area contributed by atoms with E-state index in [1.165, 1.54) is 0 Å². The van der Waals surface area contributed by atoms with Crippen LogP contribution in [0.15, 0.2) is 30.4 Å². The van der Waals surface area contributed by atoms with Crippen molar-refractivity contribution < 1.29 is 72.8 Å². The Kier molecular flexibility index (Phi) is 105. The van der Waals surface area contributed by atoms with Crippen LogP contribution in [-0.2, 0) is 0 Å². The second kappa shape index (κ2) is 46.7. The molecule has 0 aliphatic heterocycles. The van der Waals surface area contributed by atoms with Crippen molar-refractivity contribution in [3.8, 4) is 29.8 Å². The first-order valence-corrected chi connectivity index (χ1v) is 2.68. The molecule has 0 saturated heterocycles. The Morgan fingerprint density at radius 2 is 1.38 bits per heavy atom. The topological polar surface area (TPSA) is 50.2 Å². The molecule has 0 fully saturated rings. The van der Waals surface area contributed by atoms with Gasteiger partial charge in [-0.05, 0) is 18.9 Å². The summed E-state index contributed by atoms with van der Waals surface area (Å²) in [4.78, 5) is 0. The van der Waals surface area contributed by atoms with Gasteiger partial charge in [-0.25, -0.2) is 5.92 Å². The molecule has 0 aromatic rings. The van der Waals surface area contributed by atoms with Crippen LogP contribution < -0.4 is 0 Å². The molecular formula is C12H9O2U2-3. The van der Waals surface area contributed by atoms with Crippen molar-refractivity contribution in [1.82, 2.24) is 0 Å². The smallest absolute Gasteiger partial charge is 0.120 e. The van der Waals surface area contributed by atoms with Crippen LogP contribution in [0.5, 0.6) is 0 Å². The van der Waals surface area contributed by atoms with Gasteiger partial charge in [0, 0.05) is 68.1 Å². The maximum atomic E-state index is 7.74. The normalized spacial score (nSPS) is 2.44. The molecule has 16 heavy (non-hydrogen) atoms. The van der Waals surface area contributed by atoms with Gasteiger partial charge in [0.05, 0.1) is 0 Å². The van der Waals surface area contributed by atoms with Gasteiger partial charge >= 0.3 is 0 Å². The van der Waals surface area contributed by atoms with Gasteiger partial charge in [0.2, 0.25) is 0 Å². The summed E-state index contributed by atoms with van der Waals surface area (Å²) in [6, 6.07) is 0. The summed E-state index contributed by atoms with van der Waals surface area (Å²) in [7, 11) is 0. The maximum Gasteiger partial charge on any atom is 0.120 e. The minimum atomic E-state index is 0. The first-order valence-electron chi connectivity index (χ1n) is 2.68. The zero-order valence-corrected chi connectivity index (χ0v) is 17.1. The second-order valence-corrected chi connectivity index (χ2v) is 1.09. The van der Waals surface area contributed by atoms with E-state index in [0.29, 0.717) is 0 Å². The molecule has 2 N–H and O–H groups in total. The molecular weight excluding hydrogens is 652 g/mol. The Hall–Kier alpha value is -0.376. The number of aliphatic hydroxyl groups is 1. The van der Waals surface area contributed by atoms with E-state index in [9.17, 15) is 0 Å². The van der Waals surface area contributed by atoms with E-state index in [2.05, 4.69) is 42.2 Å². The van der Waals surface area contributed by atoms with Crippen LogP contribution in [0.2, 0.25) is 0 Å². The molecule has 0 amide bonds. The summed E-state index contributed by atoms with van der Waals surface area (Å²) in [6.45, 7) is 6.42. The van der Waals surface area contributed by atoms with Crippen LogP contribution in [0.3, 0.4) is 0 Å². The zero-order chi connectivity index (χ0) is 9.66. The molecule has 0 radical (unpaired) electrons. The average molecular weight is 661 g/mol. The summed E-state index contributed by atoms with van der Waals surface area (Å²) in [5.74, 6) is 8.00. The summed E-state index contributed by atoms with van der Waals surface area (Å²) in [5.41, 5.74) is 7.08. The fourth-order valence-corrected chi connectivity index (χ4v) is 0.153. The summed E-state index contributed by atoms with van der Waals surface area (Å²) in [6.07, 6.45) is 7.76. The van der Waals surface area contributed by atoms with Crippen molar-refractivity contribution in [2.75, 3.05) is 0 Å². The second-order valence-electron chi connectivity index (χ2n) is 1.09. The predicted octanol–water partition coefficient (Wildman–Crippen LogP) is 1.45. The summed E-state index contributed by atoms with van der Waals surface area (Å²) in [5, 5.41) is 7.74. The van der Waals surface area contributed by atoms with Gasteiger partial charge in [-0.3, -0.25) is 5.92 Å². The Balaban J connectivity index is -0.0000000258. The monoisotopic (exact) mass is 661 g/mol. The molecule has 0 unspecified atom stereocenters. The van der Waals surface area contributed by atoms with Crippen molar-refractivity contribution in [3.05, 3.63) is 44.2 Å². The van der Waals surface area contributed by atoms with Crippen molar-refractivity contribution >= 4 is 0 Å². The first kappa shape index (κ1) is 36.1. The van der Waals surface area contributed by atoms with E-state index < -0.39 is 0 Å². The van der Waals surface area contributed by atoms with Gasteiger partial charge in [-0.1, -0.05) is 11.5 Å². The molecule has 0 aliphatic carbocycles. The fourth-order valence-electron chi connectivity index (χ4n) is 0.153. The molecule has 0 spiro atoms. The molecule has 0 rings (SSSR count). The van der Waals surface area contributed by atoms with Gasteiger partial charge in [0.1, 0.15) is 6.11 Å². The van der Waals surface area contributed by atoms with Gasteiger partial charge in [0.15, 0.2) is 0 Å². The Morgan fingerprint density at radius 1 is 0.938 bits per heavy atom. The third-order valence-corrected chi connectivity index (χ3v) is 0.420. The van der Waals surface area contributed by atoms with Gasteiger partial charge in [-0.2, -0.15) is 0 Å². The molecule has 0 saturated carbocycles. The largest absolute Gasteiger partial charge is 0.870 e. The number of hydrogen-bond acceptors (Lipinski definition) is 2. The zero-order valence-electron chi connectivity index (χ0n) is 8.81. The first-order chi connectivity index (χ1) is 5.83. The fraction of sp³-hybridized carbons (Fsp3) is 0. The summed E-state index contributed by atoms with van der Waals surface area (Å²) < 4.78 is 0. The minimum absolute atomic E-state index is 0. The standard InChI is InChI=1S/C6HO.C5H4.CH3.H2O.2U/c1-2-3-4-5-6-7;1-3-5-4-2;;;;/h7H;1-2H2;1H3;1H2;;/q-1;;-1;;;/p-1. The Labute approximate surface area is 145 Å². The van der Waals surface area contributed by atoms with Crippen LogP contribution in [0.4, 0.5) is 0 Å². The van der Waals surface area contributed by atoms with E-state index in [1.807, 2.05) is 5.92 Å². The Morgan fingerprint density at radius 3 is 1.56 bits per heavy atom. The van der Waals surface area contributed by atoms with Crippen molar-refractivity contribution in [1.29, 1.82) is 0 Å². The summed E-state index contributed by atoms with van der Waals surface area (Å²) >= 11 is 0. The van der Waals surface area contributed by atoms with Gasteiger partial charge < -0.3 is 24.4 Å². The van der Waals surface area contributed by atoms with Crippen LogP contribution in [0.25, 0.3) is 0 Å². The molecule has 2 nitrogen and oxygen atoms in total. The van der Waals surface area contributed by atoms with Crippen molar-refractivity contribution in [2.45, 2.75) is 0 Å². The molecule has 0 atom stereocenters. The Bertz CT molecular complexity index is 369. The predicted molar refractivity (Wildman–Crippen MR) is 54.8 cm³/mol. The van der Waals surface area contributed by atoms with Crippen LogP contribution in [0, 0.1) is 106 Å². The number of aliphatic hydroxyl groups excluding tert-OH is 1. The SMILES string of the molecule is C=C=C=C=C.[C-]#CC#CC#CO.[CH3-].[OH-].[U].[U]. The van der Waals surface area contributed by atoms with E-state index >= 15 is 0 Å². The quantitative estimate of drug-likeness (QED) is 0.243. The molecule has 0 aromatic heterocycles. The van der Waals surface area contributed by atoms with Crippen molar-refractivity contribution in [3.63, 3.8) is 0 Å². The van der Waals surface area contributed by atoms with Crippen LogP contribution >= 0.6 is 0 Å². The van der Waals surface area contributed by atoms with E-state index in [0.717, 1.165) is 0 Å². The van der Waals surface area contributed by atoms with E-state index in [-0.39, 0.29) is 75.1 Å². The minimum Gasteiger partial charge on any atom is -0.870 e. The van der Waals surface area contributed by atoms with Gasteiger partial charge in [-0.15, -0.1) is 5.92 Å². The molecule has 0 bridgehead atoms. The van der Waals surface area contributed by atoms with E-state index in [1.54, 1.807) is 12.0 Å². The van der Waals surface area contributed by atoms with Crippen LogP contribution in [0.1, 0.15) is 0 Å². The van der Waals surface area contributed by atoms with Crippen LogP contribution in [-0.4, -0.2) is 10.6 Å². The van der Waals surface area contributed by atoms with E-state index in [4.69, 9.17) is 11.5 Å². The third-order valence-electron chi connectivity index (χ3n) is 0.420. The van der Waals surface area contributed by atoms with Gasteiger partial charge in [0.25, 0.3) is 0 Å². The molecule has 0 aliphatic rings. The molecule has 0 aromatic carbocycles. The number of rotatable bonds is 0. The van der Waals surface area contributed by atoms with Crippen molar-refractivity contribution in [2.24, 2.45) is 0 Å². The maximum absolute atomic E-state index is 7.74.